The van der Waals surface area contributed by atoms with E-state index in [2.05, 4.69) is 20.9 Å². The van der Waals surface area contributed by atoms with Crippen LogP contribution in [0.3, 0.4) is 0 Å². The van der Waals surface area contributed by atoms with E-state index in [1.54, 1.807) is 11.7 Å². The maximum atomic E-state index is 11.6. The fourth-order valence-electron chi connectivity index (χ4n) is 1.48. The van der Waals surface area contributed by atoms with Gasteiger partial charge in [0.15, 0.2) is 0 Å². The molecular weight excluding hydrogens is 284 g/mol. The first-order chi connectivity index (χ1) is 8.20. The largest absolute Gasteiger partial charge is 0.497 e. The van der Waals surface area contributed by atoms with E-state index in [1.807, 2.05) is 18.2 Å². The van der Waals surface area contributed by atoms with Crippen LogP contribution in [0.2, 0.25) is 0 Å². The number of hydrogen-bond donors (Lipinski definition) is 0. The van der Waals surface area contributed by atoms with Gasteiger partial charge in [-0.25, -0.2) is 4.98 Å². The third kappa shape index (κ3) is 2.74. The van der Waals surface area contributed by atoms with Crippen LogP contribution < -0.4 is 10.3 Å². The quantitative estimate of drug-likeness (QED) is 0.870. The van der Waals surface area contributed by atoms with Crippen molar-refractivity contribution >= 4 is 15.9 Å². The minimum Gasteiger partial charge on any atom is -0.497 e. The molecule has 2 aromatic rings. The van der Waals surface area contributed by atoms with Gasteiger partial charge in [0.1, 0.15) is 5.75 Å². The van der Waals surface area contributed by atoms with Crippen molar-refractivity contribution in [1.82, 2.24) is 9.55 Å². The van der Waals surface area contributed by atoms with Gasteiger partial charge in [-0.05, 0) is 23.8 Å². The van der Waals surface area contributed by atoms with Crippen molar-refractivity contribution in [3.8, 4) is 5.75 Å². The second kappa shape index (κ2) is 5.14. The van der Waals surface area contributed by atoms with Crippen LogP contribution in [-0.4, -0.2) is 16.7 Å². The van der Waals surface area contributed by atoms with E-state index in [-0.39, 0.29) is 5.56 Å². The molecule has 0 radical (unpaired) electrons. The fourth-order valence-corrected chi connectivity index (χ4v) is 1.85. The van der Waals surface area contributed by atoms with Gasteiger partial charge in [0, 0.05) is 16.7 Å². The molecule has 0 amide bonds. The molecule has 0 fully saturated rings. The van der Waals surface area contributed by atoms with Gasteiger partial charge in [0.2, 0.25) is 0 Å². The Balaban J connectivity index is 2.36. The lowest BCUT2D eigenvalue weighted by atomic mass is 10.2. The molecule has 17 heavy (non-hydrogen) atoms. The maximum absolute atomic E-state index is 11.6. The van der Waals surface area contributed by atoms with Crippen LogP contribution in [0.1, 0.15) is 5.56 Å². The minimum atomic E-state index is -0.0743. The average molecular weight is 295 g/mol. The monoisotopic (exact) mass is 294 g/mol. The number of halogens is 1. The Morgan fingerprint density at radius 2 is 2.24 bits per heavy atom. The molecule has 0 aliphatic carbocycles. The summed E-state index contributed by atoms with van der Waals surface area (Å²) in [5.41, 5.74) is 0.897. The lowest BCUT2D eigenvalue weighted by Crippen LogP contribution is -2.19. The maximum Gasteiger partial charge on any atom is 0.253 e. The lowest BCUT2D eigenvalue weighted by molar-refractivity contribution is 0.414. The molecule has 0 unspecified atom stereocenters. The van der Waals surface area contributed by atoms with Gasteiger partial charge in [0.05, 0.1) is 20.0 Å². The van der Waals surface area contributed by atoms with E-state index in [1.165, 1.54) is 18.6 Å². The van der Waals surface area contributed by atoms with Crippen LogP contribution in [0.25, 0.3) is 0 Å². The summed E-state index contributed by atoms with van der Waals surface area (Å²) in [6.07, 6.45) is 3.01. The van der Waals surface area contributed by atoms with Crippen molar-refractivity contribution in [1.29, 1.82) is 0 Å². The fraction of sp³-hybridized carbons (Fsp3) is 0.167. The molecule has 0 aliphatic rings. The SMILES string of the molecule is COc1ccc(Br)c(Cn2cnccc2=O)c1. The summed E-state index contributed by atoms with van der Waals surface area (Å²) in [7, 11) is 1.61. The minimum absolute atomic E-state index is 0.0743. The first-order valence-corrected chi connectivity index (χ1v) is 5.83. The molecule has 1 aromatic carbocycles. The first-order valence-electron chi connectivity index (χ1n) is 5.03. The van der Waals surface area contributed by atoms with Gasteiger partial charge in [-0.2, -0.15) is 0 Å². The van der Waals surface area contributed by atoms with Crippen molar-refractivity contribution < 1.29 is 4.74 Å². The van der Waals surface area contributed by atoms with Crippen molar-refractivity contribution in [2.24, 2.45) is 0 Å². The van der Waals surface area contributed by atoms with Gasteiger partial charge < -0.3 is 4.74 Å². The lowest BCUT2D eigenvalue weighted by Gasteiger charge is -2.08. The number of ether oxygens (including phenoxy) is 1. The standard InChI is InChI=1S/C12H11BrN2O2/c1-17-10-2-3-11(13)9(6-10)7-15-8-14-5-4-12(15)16/h2-6,8H,7H2,1H3. The summed E-state index contributed by atoms with van der Waals surface area (Å²) in [4.78, 5) is 15.5. The van der Waals surface area contributed by atoms with Gasteiger partial charge in [0.25, 0.3) is 5.56 Å². The van der Waals surface area contributed by atoms with E-state index in [0.29, 0.717) is 6.54 Å². The van der Waals surface area contributed by atoms with Crippen molar-refractivity contribution in [2.45, 2.75) is 6.54 Å². The van der Waals surface area contributed by atoms with Crippen LogP contribution in [0, 0.1) is 0 Å². The third-order valence-electron chi connectivity index (χ3n) is 2.39. The van der Waals surface area contributed by atoms with E-state index in [9.17, 15) is 4.79 Å². The molecule has 2 rings (SSSR count). The predicted octanol–water partition coefficient (Wildman–Crippen LogP) is 2.06. The zero-order valence-corrected chi connectivity index (χ0v) is 10.8. The van der Waals surface area contributed by atoms with Crippen LogP contribution in [0.5, 0.6) is 5.75 Å². The van der Waals surface area contributed by atoms with Crippen LogP contribution in [-0.2, 0) is 6.54 Å². The Morgan fingerprint density at radius 3 is 2.94 bits per heavy atom. The molecule has 0 spiro atoms. The Hall–Kier alpha value is -1.62. The summed E-state index contributed by atoms with van der Waals surface area (Å²) in [6, 6.07) is 7.09. The van der Waals surface area contributed by atoms with Gasteiger partial charge >= 0.3 is 0 Å². The zero-order chi connectivity index (χ0) is 12.3. The van der Waals surface area contributed by atoms with E-state index in [4.69, 9.17) is 4.74 Å². The highest BCUT2D eigenvalue weighted by Gasteiger charge is 2.04. The molecule has 0 saturated heterocycles. The average Bonchev–Trinajstić information content (AvgIpc) is 2.35. The summed E-state index contributed by atoms with van der Waals surface area (Å²) in [5, 5.41) is 0. The number of hydrogen-bond acceptors (Lipinski definition) is 3. The molecule has 0 bridgehead atoms. The highest BCUT2D eigenvalue weighted by atomic mass is 79.9. The summed E-state index contributed by atoms with van der Waals surface area (Å²) >= 11 is 3.45. The van der Waals surface area contributed by atoms with Crippen LogP contribution >= 0.6 is 15.9 Å². The number of methoxy groups -OCH3 is 1. The molecule has 88 valence electrons. The second-order valence-electron chi connectivity index (χ2n) is 3.50. The van der Waals surface area contributed by atoms with Crippen molar-refractivity contribution in [2.75, 3.05) is 7.11 Å². The van der Waals surface area contributed by atoms with E-state index in [0.717, 1.165) is 15.8 Å². The summed E-state index contributed by atoms with van der Waals surface area (Å²) < 4.78 is 7.63. The van der Waals surface area contributed by atoms with Crippen LogP contribution in [0.15, 0.2) is 46.1 Å². The molecule has 1 aromatic heterocycles. The Morgan fingerprint density at radius 1 is 1.41 bits per heavy atom. The summed E-state index contributed by atoms with van der Waals surface area (Å²) in [5.74, 6) is 0.764. The smallest absolute Gasteiger partial charge is 0.253 e. The number of nitrogens with zero attached hydrogens (tertiary/aromatic N) is 2. The molecule has 4 nitrogen and oxygen atoms in total. The van der Waals surface area contributed by atoms with Gasteiger partial charge in [-0.1, -0.05) is 15.9 Å². The Bertz CT molecular complexity index is 581. The van der Waals surface area contributed by atoms with Crippen molar-refractivity contribution in [3.63, 3.8) is 0 Å². The molecule has 5 heteroatoms. The number of rotatable bonds is 3. The molecule has 0 aliphatic heterocycles. The van der Waals surface area contributed by atoms with Gasteiger partial charge in [-0.3, -0.25) is 9.36 Å². The molecule has 1 heterocycles. The van der Waals surface area contributed by atoms with Crippen molar-refractivity contribution in [3.05, 3.63) is 57.2 Å². The predicted molar refractivity (Wildman–Crippen MR) is 68.3 cm³/mol. The zero-order valence-electron chi connectivity index (χ0n) is 9.26. The summed E-state index contributed by atoms with van der Waals surface area (Å²) in [6.45, 7) is 0.463. The second-order valence-corrected chi connectivity index (χ2v) is 4.36. The molecule has 0 saturated carbocycles. The van der Waals surface area contributed by atoms with E-state index < -0.39 is 0 Å². The molecule has 0 atom stereocenters. The first kappa shape index (κ1) is 11.9. The molecule has 0 N–H and O–H groups in total. The highest BCUT2D eigenvalue weighted by molar-refractivity contribution is 9.10. The third-order valence-corrected chi connectivity index (χ3v) is 3.16. The highest BCUT2D eigenvalue weighted by Crippen LogP contribution is 2.22. The Kier molecular flexibility index (Phi) is 3.58. The normalized spacial score (nSPS) is 10.2. The van der Waals surface area contributed by atoms with Crippen LogP contribution in [0.4, 0.5) is 0 Å². The van der Waals surface area contributed by atoms with Gasteiger partial charge in [-0.15, -0.1) is 0 Å². The number of benzene rings is 1. The Labute approximate surface area is 107 Å². The van der Waals surface area contributed by atoms with E-state index >= 15 is 0 Å². The number of aromatic nitrogens is 2. The topological polar surface area (TPSA) is 44.1 Å². The molecular formula is C12H11BrN2O2.